The number of rotatable bonds is 13. The summed E-state index contributed by atoms with van der Waals surface area (Å²) in [7, 11) is -1.95. The lowest BCUT2D eigenvalue weighted by Gasteiger charge is -2.31. The summed E-state index contributed by atoms with van der Waals surface area (Å²) in [6, 6.07) is 14.0. The van der Waals surface area contributed by atoms with Gasteiger partial charge in [0.15, 0.2) is 0 Å². The van der Waals surface area contributed by atoms with E-state index in [1.807, 2.05) is 64.1 Å². The van der Waals surface area contributed by atoms with Crippen molar-refractivity contribution in [3.8, 4) is 5.75 Å². The van der Waals surface area contributed by atoms with Crippen LogP contribution in [0.2, 0.25) is 0 Å². The molecule has 1 N–H and O–H groups in total. The van der Waals surface area contributed by atoms with Crippen LogP contribution < -0.4 is 14.4 Å². The summed E-state index contributed by atoms with van der Waals surface area (Å²) < 4.78 is 31.7. The van der Waals surface area contributed by atoms with Crippen LogP contribution in [0.15, 0.2) is 48.5 Å². The molecule has 9 heteroatoms. The number of benzene rings is 2. The van der Waals surface area contributed by atoms with Crippen LogP contribution in [0.4, 0.5) is 5.69 Å². The van der Waals surface area contributed by atoms with E-state index >= 15 is 0 Å². The maximum atomic E-state index is 13.5. The zero-order chi connectivity index (χ0) is 26.9. The molecule has 0 aliphatic heterocycles. The third kappa shape index (κ3) is 8.26. The summed E-state index contributed by atoms with van der Waals surface area (Å²) in [4.78, 5) is 28.0. The van der Waals surface area contributed by atoms with E-state index in [4.69, 9.17) is 4.74 Å². The molecule has 0 aliphatic rings. The zero-order valence-electron chi connectivity index (χ0n) is 22.2. The van der Waals surface area contributed by atoms with Gasteiger partial charge in [-0.1, -0.05) is 37.3 Å². The molecule has 0 unspecified atom stereocenters. The molecule has 2 aromatic rings. The standard InChI is InChI=1S/C27H39N3O5S/c1-7-24(27(32)28-20(2)3)29(19-22-13-10-14-23(18-22)35-5)26(31)16-11-17-30(36(6,33)34)25-15-9-8-12-21(25)4/h8-10,12-15,18,20,24H,7,11,16-17,19H2,1-6H3,(H,28,32)/t24-/m0/s1. The molecular formula is C27H39N3O5S. The van der Waals surface area contributed by atoms with E-state index < -0.39 is 16.1 Å². The van der Waals surface area contributed by atoms with Gasteiger partial charge in [0.1, 0.15) is 11.8 Å². The van der Waals surface area contributed by atoms with E-state index in [9.17, 15) is 18.0 Å². The Morgan fingerprint density at radius 1 is 1.08 bits per heavy atom. The maximum absolute atomic E-state index is 13.5. The number of anilines is 1. The van der Waals surface area contributed by atoms with Crippen molar-refractivity contribution >= 4 is 27.5 Å². The predicted molar refractivity (Wildman–Crippen MR) is 144 cm³/mol. The third-order valence-corrected chi connectivity index (χ3v) is 7.02. The lowest BCUT2D eigenvalue weighted by atomic mass is 10.1. The van der Waals surface area contributed by atoms with Gasteiger partial charge in [-0.2, -0.15) is 0 Å². The number of amides is 2. The van der Waals surface area contributed by atoms with Crippen LogP contribution >= 0.6 is 0 Å². The SMILES string of the molecule is CC[C@@H](C(=O)NC(C)C)N(Cc1cccc(OC)c1)C(=O)CCCN(c1ccccc1C)S(C)(=O)=O. The number of para-hydroxylation sites is 1. The molecule has 0 fully saturated rings. The Balaban J connectivity index is 2.25. The fourth-order valence-electron chi connectivity index (χ4n) is 4.09. The number of carbonyl (C=O) groups excluding carboxylic acids is 2. The van der Waals surface area contributed by atoms with Crippen LogP contribution in [0, 0.1) is 6.92 Å². The van der Waals surface area contributed by atoms with Crippen molar-refractivity contribution in [3.63, 3.8) is 0 Å². The Morgan fingerprint density at radius 3 is 2.36 bits per heavy atom. The number of nitrogens with one attached hydrogen (secondary N) is 1. The van der Waals surface area contributed by atoms with E-state index in [0.717, 1.165) is 11.1 Å². The second-order valence-corrected chi connectivity index (χ2v) is 11.1. The fraction of sp³-hybridized carbons (Fsp3) is 0.481. The first-order chi connectivity index (χ1) is 17.0. The molecule has 36 heavy (non-hydrogen) atoms. The number of nitrogens with zero attached hydrogens (tertiary/aromatic N) is 2. The van der Waals surface area contributed by atoms with Crippen molar-refractivity contribution in [2.45, 2.75) is 65.6 Å². The van der Waals surface area contributed by atoms with Crippen molar-refractivity contribution in [2.24, 2.45) is 0 Å². The van der Waals surface area contributed by atoms with Crippen LogP contribution in [0.5, 0.6) is 5.75 Å². The maximum Gasteiger partial charge on any atom is 0.243 e. The van der Waals surface area contributed by atoms with Gasteiger partial charge in [-0.15, -0.1) is 0 Å². The molecule has 2 rings (SSSR count). The Morgan fingerprint density at radius 2 is 1.78 bits per heavy atom. The van der Waals surface area contributed by atoms with Gasteiger partial charge < -0.3 is 15.0 Å². The minimum atomic E-state index is -3.53. The Hall–Kier alpha value is -3.07. The van der Waals surface area contributed by atoms with E-state index in [-0.39, 0.29) is 37.4 Å². The van der Waals surface area contributed by atoms with Crippen LogP contribution in [0.3, 0.4) is 0 Å². The number of methoxy groups -OCH3 is 1. The first kappa shape index (κ1) is 29.2. The van der Waals surface area contributed by atoms with Crippen LogP contribution in [-0.2, 0) is 26.2 Å². The van der Waals surface area contributed by atoms with Crippen LogP contribution in [-0.4, -0.2) is 57.1 Å². The minimum absolute atomic E-state index is 0.0576. The molecule has 0 aromatic heterocycles. The number of hydrogen-bond donors (Lipinski definition) is 1. The molecule has 0 saturated heterocycles. The summed E-state index contributed by atoms with van der Waals surface area (Å²) in [5.74, 6) is 0.254. The second-order valence-electron chi connectivity index (χ2n) is 9.19. The zero-order valence-corrected chi connectivity index (χ0v) is 23.0. The molecule has 2 aromatic carbocycles. The highest BCUT2D eigenvalue weighted by molar-refractivity contribution is 7.92. The minimum Gasteiger partial charge on any atom is -0.497 e. The van der Waals surface area contributed by atoms with E-state index in [2.05, 4.69) is 5.32 Å². The second kappa shape index (κ2) is 13.3. The molecule has 1 atom stereocenters. The van der Waals surface area contributed by atoms with E-state index in [1.165, 1.54) is 10.6 Å². The lowest BCUT2D eigenvalue weighted by molar-refractivity contribution is -0.141. The molecule has 0 heterocycles. The monoisotopic (exact) mass is 517 g/mol. The first-order valence-electron chi connectivity index (χ1n) is 12.2. The fourth-order valence-corrected chi connectivity index (χ4v) is 5.12. The highest BCUT2D eigenvalue weighted by atomic mass is 32.2. The Kier molecular flexibility index (Phi) is 10.8. The topological polar surface area (TPSA) is 96.0 Å². The molecule has 0 bridgehead atoms. The van der Waals surface area contributed by atoms with Gasteiger partial charge >= 0.3 is 0 Å². The highest BCUT2D eigenvalue weighted by Crippen LogP contribution is 2.23. The summed E-state index contributed by atoms with van der Waals surface area (Å²) in [6.07, 6.45) is 2.04. The first-order valence-corrected chi connectivity index (χ1v) is 14.1. The van der Waals surface area contributed by atoms with Crippen LogP contribution in [0.25, 0.3) is 0 Å². The Bertz CT molecular complexity index is 1130. The van der Waals surface area contributed by atoms with Gasteiger partial charge in [-0.3, -0.25) is 13.9 Å². The third-order valence-electron chi connectivity index (χ3n) is 5.84. The summed E-state index contributed by atoms with van der Waals surface area (Å²) in [5.41, 5.74) is 2.28. The molecular weight excluding hydrogens is 478 g/mol. The number of hydrogen-bond acceptors (Lipinski definition) is 5. The molecule has 0 saturated carbocycles. The largest absolute Gasteiger partial charge is 0.497 e. The van der Waals surface area contributed by atoms with Crippen molar-refractivity contribution in [1.82, 2.24) is 10.2 Å². The van der Waals surface area contributed by atoms with Crippen molar-refractivity contribution in [3.05, 3.63) is 59.7 Å². The summed E-state index contributed by atoms with van der Waals surface area (Å²) >= 11 is 0. The van der Waals surface area contributed by atoms with Gasteiger partial charge in [-0.25, -0.2) is 8.42 Å². The Labute approximate surface area is 215 Å². The molecule has 0 aliphatic carbocycles. The van der Waals surface area contributed by atoms with Crippen molar-refractivity contribution in [1.29, 1.82) is 0 Å². The average molecular weight is 518 g/mol. The molecule has 8 nitrogen and oxygen atoms in total. The number of carbonyl (C=O) groups is 2. The van der Waals surface area contributed by atoms with E-state index in [1.54, 1.807) is 24.1 Å². The highest BCUT2D eigenvalue weighted by Gasteiger charge is 2.29. The molecule has 2 amide bonds. The van der Waals surface area contributed by atoms with Crippen molar-refractivity contribution < 1.29 is 22.7 Å². The van der Waals surface area contributed by atoms with Gasteiger partial charge in [-0.05, 0) is 62.9 Å². The van der Waals surface area contributed by atoms with Crippen LogP contribution in [0.1, 0.15) is 51.2 Å². The van der Waals surface area contributed by atoms with Crippen molar-refractivity contribution in [2.75, 3.05) is 24.2 Å². The quantitative estimate of drug-likeness (QED) is 0.435. The summed E-state index contributed by atoms with van der Waals surface area (Å²) in [6.45, 7) is 7.90. The number of aryl methyl sites for hydroxylation is 1. The van der Waals surface area contributed by atoms with Gasteiger partial charge in [0, 0.05) is 25.6 Å². The normalized spacial score (nSPS) is 12.2. The number of sulfonamides is 1. The lowest BCUT2D eigenvalue weighted by Crippen LogP contribution is -2.50. The predicted octanol–water partition coefficient (Wildman–Crippen LogP) is 3.88. The summed E-state index contributed by atoms with van der Waals surface area (Å²) in [5, 5.41) is 2.91. The molecule has 0 spiro atoms. The molecule has 198 valence electrons. The number of ether oxygens (including phenoxy) is 1. The average Bonchev–Trinajstić information content (AvgIpc) is 2.81. The molecule has 0 radical (unpaired) electrons. The van der Waals surface area contributed by atoms with E-state index in [0.29, 0.717) is 24.3 Å². The van der Waals surface area contributed by atoms with Gasteiger partial charge in [0.2, 0.25) is 21.8 Å². The smallest absolute Gasteiger partial charge is 0.243 e. The van der Waals surface area contributed by atoms with Gasteiger partial charge in [0.25, 0.3) is 0 Å². The van der Waals surface area contributed by atoms with Gasteiger partial charge in [0.05, 0.1) is 19.1 Å².